The van der Waals surface area contributed by atoms with Crippen molar-refractivity contribution in [1.82, 2.24) is 5.32 Å². The minimum absolute atomic E-state index is 0.00926. The van der Waals surface area contributed by atoms with Gasteiger partial charge in [0.05, 0.1) is 0 Å². The molecule has 9 heavy (non-hydrogen) atoms. The van der Waals surface area contributed by atoms with Gasteiger partial charge in [-0.25, -0.2) is 0 Å². The van der Waals surface area contributed by atoms with Gasteiger partial charge in [-0.2, -0.15) is 0 Å². The van der Waals surface area contributed by atoms with Gasteiger partial charge in [0.1, 0.15) is 0 Å². The third kappa shape index (κ3) is 3.12. The van der Waals surface area contributed by atoms with Crippen molar-refractivity contribution in [2.75, 3.05) is 6.54 Å². The Morgan fingerprint density at radius 3 is 2.11 bits per heavy atom. The molecule has 0 aliphatic heterocycles. The summed E-state index contributed by atoms with van der Waals surface area (Å²) in [4.78, 5) is 10.9. The molecule has 0 bridgehead atoms. The van der Waals surface area contributed by atoms with E-state index in [1.54, 1.807) is 0 Å². The van der Waals surface area contributed by atoms with Crippen LogP contribution in [0.2, 0.25) is 0 Å². The second-order valence-electron chi connectivity index (χ2n) is 2.96. The molecule has 0 spiro atoms. The van der Waals surface area contributed by atoms with Crippen molar-refractivity contribution in [3.63, 3.8) is 0 Å². The van der Waals surface area contributed by atoms with E-state index in [9.17, 15) is 4.79 Å². The minimum Gasteiger partial charge on any atom is -0.355 e. The summed E-state index contributed by atoms with van der Waals surface area (Å²) in [6.07, 6.45) is 0. The van der Waals surface area contributed by atoms with Gasteiger partial charge in [-0.05, 0) is 6.92 Å². The van der Waals surface area contributed by atoms with Crippen LogP contribution in [0, 0.1) is 12.3 Å². The molecule has 2 heteroatoms. The zero-order valence-corrected chi connectivity index (χ0v) is 6.19. The third-order valence-corrected chi connectivity index (χ3v) is 0.944. The monoisotopic (exact) mass is 127 g/mol. The van der Waals surface area contributed by atoms with E-state index < -0.39 is 0 Å². The maximum Gasteiger partial charge on any atom is 0.225 e. The molecular formula is C7H13NO. The molecule has 0 saturated heterocycles. The fraction of sp³-hybridized carbons (Fsp3) is 0.714. The van der Waals surface area contributed by atoms with E-state index in [2.05, 4.69) is 5.32 Å². The van der Waals surface area contributed by atoms with Gasteiger partial charge in [-0.3, -0.25) is 4.79 Å². The first kappa shape index (κ1) is 8.47. The molecule has 0 fully saturated rings. The van der Waals surface area contributed by atoms with Gasteiger partial charge in [0.2, 0.25) is 5.91 Å². The van der Waals surface area contributed by atoms with Gasteiger partial charge in [-0.15, -0.1) is 0 Å². The van der Waals surface area contributed by atoms with E-state index in [-0.39, 0.29) is 17.9 Å². The van der Waals surface area contributed by atoms with Crippen molar-refractivity contribution < 1.29 is 4.79 Å². The highest BCUT2D eigenvalue weighted by Gasteiger charge is 2.19. The number of carbonyl (C=O) groups is 1. The summed E-state index contributed by atoms with van der Waals surface area (Å²) in [5, 5.41) is 2.52. The summed E-state index contributed by atoms with van der Waals surface area (Å²) in [5.74, 6) is -0.00926. The Labute approximate surface area is 56.6 Å². The molecule has 1 N–H and O–H groups in total. The Kier molecular flexibility index (Phi) is 2.68. The molecule has 0 aromatic carbocycles. The second-order valence-corrected chi connectivity index (χ2v) is 2.96. The van der Waals surface area contributed by atoms with Crippen LogP contribution in [-0.2, 0) is 4.79 Å². The number of carbonyl (C=O) groups excluding carboxylic acids is 1. The lowest BCUT2D eigenvalue weighted by Gasteiger charge is -2.16. The van der Waals surface area contributed by atoms with Crippen molar-refractivity contribution >= 4 is 5.91 Å². The largest absolute Gasteiger partial charge is 0.355 e. The number of nitrogens with one attached hydrogen (secondary N) is 1. The van der Waals surface area contributed by atoms with Crippen molar-refractivity contribution in [1.29, 1.82) is 0 Å². The molecule has 0 heterocycles. The van der Waals surface area contributed by atoms with E-state index in [4.69, 9.17) is 6.92 Å². The number of rotatable bonds is 1. The molecule has 0 aliphatic carbocycles. The van der Waals surface area contributed by atoms with Crippen LogP contribution in [0.4, 0.5) is 0 Å². The van der Waals surface area contributed by atoms with Crippen molar-refractivity contribution in [2.24, 2.45) is 5.41 Å². The fourth-order valence-corrected chi connectivity index (χ4v) is 0.358. The molecule has 2 nitrogen and oxygen atoms in total. The highest BCUT2D eigenvalue weighted by atomic mass is 16.2. The average Bonchev–Trinajstić information content (AvgIpc) is 1.64. The molecule has 0 unspecified atom stereocenters. The molecular weight excluding hydrogens is 114 g/mol. The first-order valence-corrected chi connectivity index (χ1v) is 2.97. The molecule has 0 aromatic heterocycles. The van der Waals surface area contributed by atoms with Gasteiger partial charge in [0, 0.05) is 12.0 Å². The lowest BCUT2D eigenvalue weighted by atomic mass is 9.96. The maximum atomic E-state index is 10.9. The molecule has 2 radical (unpaired) electrons. The molecule has 0 rings (SSSR count). The topological polar surface area (TPSA) is 29.1 Å². The van der Waals surface area contributed by atoms with Crippen molar-refractivity contribution in [2.45, 2.75) is 20.8 Å². The molecule has 0 saturated carbocycles. The Morgan fingerprint density at radius 1 is 1.56 bits per heavy atom. The van der Waals surface area contributed by atoms with Crippen LogP contribution in [0.3, 0.4) is 0 Å². The normalized spacial score (nSPS) is 11.1. The molecule has 0 aromatic rings. The van der Waals surface area contributed by atoms with Crippen LogP contribution in [0.5, 0.6) is 0 Å². The van der Waals surface area contributed by atoms with Crippen LogP contribution in [0.15, 0.2) is 0 Å². The lowest BCUT2D eigenvalue weighted by Crippen LogP contribution is -2.34. The first-order chi connectivity index (χ1) is 3.98. The van der Waals surface area contributed by atoms with Crippen molar-refractivity contribution in [3.8, 4) is 0 Å². The van der Waals surface area contributed by atoms with Gasteiger partial charge in [-0.1, -0.05) is 20.8 Å². The summed E-state index contributed by atoms with van der Waals surface area (Å²) in [6, 6.07) is 0. The summed E-state index contributed by atoms with van der Waals surface area (Å²) < 4.78 is 0. The van der Waals surface area contributed by atoms with Crippen LogP contribution in [0.1, 0.15) is 20.8 Å². The molecule has 0 atom stereocenters. The van der Waals surface area contributed by atoms with Crippen LogP contribution >= 0.6 is 0 Å². The van der Waals surface area contributed by atoms with Crippen LogP contribution < -0.4 is 5.32 Å². The zero-order valence-electron chi connectivity index (χ0n) is 6.19. The smallest absolute Gasteiger partial charge is 0.225 e. The predicted octanol–water partition coefficient (Wildman–Crippen LogP) is 0.860. The van der Waals surface area contributed by atoms with E-state index in [1.165, 1.54) is 0 Å². The Hall–Kier alpha value is -0.530. The summed E-state index contributed by atoms with van der Waals surface area (Å²) in [7, 11) is 0. The number of amides is 1. The summed E-state index contributed by atoms with van der Waals surface area (Å²) in [6.45, 7) is 10.8. The fourth-order valence-electron chi connectivity index (χ4n) is 0.358. The predicted molar refractivity (Wildman–Crippen MR) is 36.8 cm³/mol. The lowest BCUT2D eigenvalue weighted by molar-refractivity contribution is -0.128. The minimum atomic E-state index is -0.320. The highest BCUT2D eigenvalue weighted by molar-refractivity contribution is 5.81. The Balaban J connectivity index is 3.74. The van der Waals surface area contributed by atoms with Crippen molar-refractivity contribution in [3.05, 3.63) is 6.92 Å². The van der Waals surface area contributed by atoms with Gasteiger partial charge >= 0.3 is 0 Å². The molecule has 0 aliphatic rings. The Morgan fingerprint density at radius 2 is 2.00 bits per heavy atom. The van der Waals surface area contributed by atoms with Gasteiger partial charge < -0.3 is 5.32 Å². The third-order valence-electron chi connectivity index (χ3n) is 0.944. The quantitative estimate of drug-likeness (QED) is 0.556. The number of hydrogen-bond donors (Lipinski definition) is 1. The zero-order chi connectivity index (χ0) is 7.49. The first-order valence-electron chi connectivity index (χ1n) is 2.97. The van der Waals surface area contributed by atoms with Gasteiger partial charge in [0.25, 0.3) is 0 Å². The van der Waals surface area contributed by atoms with Crippen LogP contribution in [-0.4, -0.2) is 12.5 Å². The maximum absolute atomic E-state index is 10.9. The van der Waals surface area contributed by atoms with E-state index in [1.807, 2.05) is 20.8 Å². The average molecular weight is 127 g/mol. The SMILES string of the molecule is [CH]CNC(=O)C(C)(C)C. The standard InChI is InChI=1S/C7H13NO/c1-5-8-6(9)7(2,3)4/h1H,5H2,2-4H3,(H,8,9). The van der Waals surface area contributed by atoms with Crippen LogP contribution in [0.25, 0.3) is 0 Å². The summed E-state index contributed by atoms with van der Waals surface area (Å²) >= 11 is 0. The summed E-state index contributed by atoms with van der Waals surface area (Å²) in [5.41, 5.74) is -0.320. The van der Waals surface area contributed by atoms with E-state index >= 15 is 0 Å². The number of hydrogen-bond acceptors (Lipinski definition) is 1. The van der Waals surface area contributed by atoms with E-state index in [0.29, 0.717) is 0 Å². The Bertz CT molecular complexity index is 102. The molecule has 1 amide bonds. The highest BCUT2D eigenvalue weighted by Crippen LogP contribution is 2.11. The second kappa shape index (κ2) is 2.85. The van der Waals surface area contributed by atoms with Gasteiger partial charge in [0.15, 0.2) is 0 Å². The van der Waals surface area contributed by atoms with E-state index in [0.717, 1.165) is 0 Å². The molecule has 52 valence electrons.